The first-order valence-electron chi connectivity index (χ1n) is 6.55. The second-order valence-corrected chi connectivity index (χ2v) is 4.71. The maximum atomic E-state index is 5.93. The molecular weight excluding hydrogens is 252 g/mol. The smallest absolute Gasteiger partial charge is 0.322 e. The van der Waals surface area contributed by atoms with Gasteiger partial charge in [0.15, 0.2) is 0 Å². The van der Waals surface area contributed by atoms with E-state index >= 15 is 0 Å². The van der Waals surface area contributed by atoms with Gasteiger partial charge in [-0.2, -0.15) is 15.0 Å². The third-order valence-electron chi connectivity index (χ3n) is 3.20. The summed E-state index contributed by atoms with van der Waals surface area (Å²) in [5, 5.41) is 0.198. The summed E-state index contributed by atoms with van der Waals surface area (Å²) in [4.78, 5) is 14.8. The molecule has 18 heavy (non-hydrogen) atoms. The standard InChI is InChI=1S/C12H19ClN4O/c1-3-9-7-5-6-8-17(9)11-14-10(13)15-12(16-11)18-4-2/h9H,3-8H2,1-2H3. The van der Waals surface area contributed by atoms with Crippen molar-refractivity contribution in [3.05, 3.63) is 5.28 Å². The van der Waals surface area contributed by atoms with Gasteiger partial charge in [-0.1, -0.05) is 6.92 Å². The van der Waals surface area contributed by atoms with E-state index in [4.69, 9.17) is 16.3 Å². The van der Waals surface area contributed by atoms with Crippen LogP contribution in [0.15, 0.2) is 0 Å². The van der Waals surface area contributed by atoms with Crippen LogP contribution in [0.2, 0.25) is 5.28 Å². The number of hydrogen-bond acceptors (Lipinski definition) is 5. The van der Waals surface area contributed by atoms with Gasteiger partial charge in [0.2, 0.25) is 11.2 Å². The Kier molecular flexibility index (Phi) is 4.58. The zero-order chi connectivity index (χ0) is 13.0. The largest absolute Gasteiger partial charge is 0.464 e. The highest BCUT2D eigenvalue weighted by Crippen LogP contribution is 2.25. The van der Waals surface area contributed by atoms with Crippen LogP contribution in [0.4, 0.5) is 5.95 Å². The van der Waals surface area contributed by atoms with Crippen molar-refractivity contribution in [3.63, 3.8) is 0 Å². The third kappa shape index (κ3) is 3.02. The Balaban J connectivity index is 2.24. The first-order valence-corrected chi connectivity index (χ1v) is 6.93. The number of halogens is 1. The predicted octanol–water partition coefficient (Wildman–Crippen LogP) is 2.69. The number of nitrogens with zero attached hydrogens (tertiary/aromatic N) is 4. The highest BCUT2D eigenvalue weighted by atomic mass is 35.5. The Morgan fingerprint density at radius 2 is 2.11 bits per heavy atom. The topological polar surface area (TPSA) is 51.1 Å². The summed E-state index contributed by atoms with van der Waals surface area (Å²) in [6, 6.07) is 0.805. The van der Waals surface area contributed by atoms with Gasteiger partial charge in [-0.15, -0.1) is 0 Å². The lowest BCUT2D eigenvalue weighted by Gasteiger charge is -2.35. The Morgan fingerprint density at radius 1 is 1.28 bits per heavy atom. The summed E-state index contributed by atoms with van der Waals surface area (Å²) in [5.41, 5.74) is 0. The van der Waals surface area contributed by atoms with Crippen LogP contribution in [0.25, 0.3) is 0 Å². The molecule has 0 bridgehead atoms. The van der Waals surface area contributed by atoms with Gasteiger partial charge in [-0.05, 0) is 44.2 Å². The van der Waals surface area contributed by atoms with Crippen molar-refractivity contribution in [1.29, 1.82) is 0 Å². The minimum atomic E-state index is 0.198. The van der Waals surface area contributed by atoms with Crippen molar-refractivity contribution in [1.82, 2.24) is 15.0 Å². The molecule has 5 nitrogen and oxygen atoms in total. The first-order chi connectivity index (χ1) is 8.74. The highest BCUT2D eigenvalue weighted by molar-refractivity contribution is 6.28. The fraction of sp³-hybridized carbons (Fsp3) is 0.750. The van der Waals surface area contributed by atoms with Gasteiger partial charge >= 0.3 is 6.01 Å². The zero-order valence-corrected chi connectivity index (χ0v) is 11.7. The van der Waals surface area contributed by atoms with Crippen molar-refractivity contribution >= 4 is 17.5 Å². The maximum Gasteiger partial charge on any atom is 0.322 e. The van der Waals surface area contributed by atoms with Crippen LogP contribution in [-0.2, 0) is 0 Å². The number of hydrogen-bond donors (Lipinski definition) is 0. The van der Waals surface area contributed by atoms with Gasteiger partial charge in [-0.25, -0.2) is 0 Å². The summed E-state index contributed by atoms with van der Waals surface area (Å²) in [6.45, 7) is 5.59. The molecule has 1 aliphatic rings. The molecule has 100 valence electrons. The van der Waals surface area contributed by atoms with Crippen LogP contribution >= 0.6 is 11.6 Å². The lowest BCUT2D eigenvalue weighted by Crippen LogP contribution is -2.40. The summed E-state index contributed by atoms with van der Waals surface area (Å²) in [5.74, 6) is 0.644. The molecule has 1 unspecified atom stereocenters. The molecule has 0 saturated carbocycles. The van der Waals surface area contributed by atoms with Crippen LogP contribution in [0.3, 0.4) is 0 Å². The molecule has 6 heteroatoms. The average Bonchev–Trinajstić information content (AvgIpc) is 2.38. The fourth-order valence-corrected chi connectivity index (χ4v) is 2.48. The predicted molar refractivity (Wildman–Crippen MR) is 71.3 cm³/mol. The van der Waals surface area contributed by atoms with E-state index in [1.807, 2.05) is 6.92 Å². The molecule has 1 saturated heterocycles. The zero-order valence-electron chi connectivity index (χ0n) is 10.9. The van der Waals surface area contributed by atoms with Crippen molar-refractivity contribution in [3.8, 4) is 6.01 Å². The summed E-state index contributed by atoms with van der Waals surface area (Å²) < 4.78 is 5.31. The highest BCUT2D eigenvalue weighted by Gasteiger charge is 2.24. The Bertz CT molecular complexity index is 402. The molecule has 0 radical (unpaired) electrons. The van der Waals surface area contributed by atoms with Crippen molar-refractivity contribution in [2.75, 3.05) is 18.1 Å². The molecule has 2 rings (SSSR count). The molecule has 0 amide bonds. The molecule has 0 spiro atoms. The minimum absolute atomic E-state index is 0.198. The Hall–Kier alpha value is -1.10. The second kappa shape index (κ2) is 6.18. The lowest BCUT2D eigenvalue weighted by molar-refractivity contribution is 0.310. The van der Waals surface area contributed by atoms with E-state index < -0.39 is 0 Å². The van der Waals surface area contributed by atoms with Gasteiger partial charge < -0.3 is 9.64 Å². The first kappa shape index (κ1) is 13.3. The molecular formula is C12H19ClN4O. The molecule has 1 aliphatic heterocycles. The van der Waals surface area contributed by atoms with Crippen LogP contribution in [0, 0.1) is 0 Å². The van der Waals surface area contributed by atoms with E-state index in [9.17, 15) is 0 Å². The van der Waals surface area contributed by atoms with E-state index in [2.05, 4.69) is 26.8 Å². The van der Waals surface area contributed by atoms with E-state index in [1.54, 1.807) is 0 Å². The van der Waals surface area contributed by atoms with Crippen LogP contribution in [0.1, 0.15) is 39.5 Å². The summed E-state index contributed by atoms with van der Waals surface area (Å²) in [7, 11) is 0. The molecule has 1 atom stereocenters. The molecule has 0 N–H and O–H groups in total. The van der Waals surface area contributed by atoms with Crippen molar-refractivity contribution in [2.45, 2.75) is 45.6 Å². The molecule has 1 fully saturated rings. The number of aromatic nitrogens is 3. The van der Waals surface area contributed by atoms with Gasteiger partial charge in [0, 0.05) is 12.6 Å². The number of piperidine rings is 1. The number of anilines is 1. The molecule has 0 aliphatic carbocycles. The normalized spacial score (nSPS) is 19.9. The molecule has 0 aromatic carbocycles. The van der Waals surface area contributed by atoms with Crippen molar-refractivity contribution < 1.29 is 4.74 Å². The van der Waals surface area contributed by atoms with Gasteiger partial charge in [-0.3, -0.25) is 0 Å². The molecule has 1 aromatic heterocycles. The summed E-state index contributed by atoms with van der Waals surface area (Å²) >= 11 is 5.93. The van der Waals surface area contributed by atoms with Crippen LogP contribution < -0.4 is 9.64 Å². The Morgan fingerprint density at radius 3 is 2.83 bits per heavy atom. The quantitative estimate of drug-likeness (QED) is 0.842. The number of ether oxygens (including phenoxy) is 1. The van der Waals surface area contributed by atoms with Gasteiger partial charge in [0.1, 0.15) is 0 Å². The number of rotatable bonds is 4. The van der Waals surface area contributed by atoms with E-state index in [-0.39, 0.29) is 5.28 Å². The molecule has 1 aromatic rings. The monoisotopic (exact) mass is 270 g/mol. The average molecular weight is 271 g/mol. The minimum Gasteiger partial charge on any atom is -0.464 e. The second-order valence-electron chi connectivity index (χ2n) is 4.37. The van der Waals surface area contributed by atoms with E-state index in [1.165, 1.54) is 19.3 Å². The van der Waals surface area contributed by atoms with Crippen LogP contribution in [0.5, 0.6) is 6.01 Å². The Labute approximate surface area is 113 Å². The van der Waals surface area contributed by atoms with E-state index in [0.717, 1.165) is 13.0 Å². The fourth-order valence-electron chi connectivity index (χ4n) is 2.33. The van der Waals surface area contributed by atoms with Crippen molar-refractivity contribution in [2.24, 2.45) is 0 Å². The van der Waals surface area contributed by atoms with Crippen LogP contribution in [-0.4, -0.2) is 34.1 Å². The van der Waals surface area contributed by atoms with Gasteiger partial charge in [0.25, 0.3) is 0 Å². The van der Waals surface area contributed by atoms with Gasteiger partial charge in [0.05, 0.1) is 6.61 Å². The maximum absolute atomic E-state index is 5.93. The molecule has 2 heterocycles. The lowest BCUT2D eigenvalue weighted by atomic mass is 10.0. The SMILES string of the molecule is CCOc1nc(Cl)nc(N2CCCCC2CC)n1. The third-order valence-corrected chi connectivity index (χ3v) is 3.37. The van der Waals surface area contributed by atoms with E-state index in [0.29, 0.717) is 24.6 Å². The summed E-state index contributed by atoms with van der Waals surface area (Å²) in [6.07, 6.45) is 4.72.